The minimum absolute atomic E-state index is 0.214. The molecule has 0 amide bonds. The Balaban J connectivity index is 2.08. The quantitative estimate of drug-likeness (QED) is 0.922. The van der Waals surface area contributed by atoms with E-state index in [9.17, 15) is 0 Å². The summed E-state index contributed by atoms with van der Waals surface area (Å²) in [5.74, 6) is 0. The molecule has 0 radical (unpaired) electrons. The summed E-state index contributed by atoms with van der Waals surface area (Å²) in [6.07, 6.45) is 0. The minimum Gasteiger partial charge on any atom is -0.302 e. The molecule has 1 N–H and O–H groups in total. The van der Waals surface area contributed by atoms with E-state index in [1.54, 1.807) is 11.3 Å². The van der Waals surface area contributed by atoms with Gasteiger partial charge in [-0.15, -0.1) is 11.3 Å². The largest absolute Gasteiger partial charge is 0.302 e. The summed E-state index contributed by atoms with van der Waals surface area (Å²) in [7, 11) is 0. The van der Waals surface area contributed by atoms with Crippen molar-refractivity contribution in [3.8, 4) is 6.07 Å². The second kappa shape index (κ2) is 6.17. The highest BCUT2D eigenvalue weighted by molar-refractivity contribution is 7.11. The lowest BCUT2D eigenvalue weighted by molar-refractivity contribution is 0.486. The Morgan fingerprint density at radius 2 is 1.80 bits per heavy atom. The van der Waals surface area contributed by atoms with Crippen molar-refractivity contribution in [1.29, 1.82) is 5.26 Å². The van der Waals surface area contributed by atoms with Gasteiger partial charge in [-0.25, -0.2) is 4.98 Å². The van der Waals surface area contributed by atoms with Crippen molar-refractivity contribution in [3.05, 3.63) is 51.0 Å². The van der Waals surface area contributed by atoms with Crippen molar-refractivity contribution in [2.75, 3.05) is 0 Å². The standard InChI is InChI=1S/C16H19N3S/c1-10(15-7-5-14(9-17)6-8-15)18-11(2)16-12(3)20-13(4)19-16/h5-8,10-11,18H,1-4H3. The van der Waals surface area contributed by atoms with E-state index >= 15 is 0 Å². The first-order valence-electron chi connectivity index (χ1n) is 6.71. The fraction of sp³-hybridized carbons (Fsp3) is 0.375. The molecule has 20 heavy (non-hydrogen) atoms. The molecule has 1 heterocycles. The van der Waals surface area contributed by atoms with Crippen LogP contribution in [0.1, 0.15) is 52.6 Å². The van der Waals surface area contributed by atoms with Gasteiger partial charge in [0.1, 0.15) is 0 Å². The van der Waals surface area contributed by atoms with E-state index in [0.29, 0.717) is 5.56 Å². The van der Waals surface area contributed by atoms with Crippen molar-refractivity contribution in [1.82, 2.24) is 10.3 Å². The molecule has 0 aliphatic carbocycles. The highest BCUT2D eigenvalue weighted by atomic mass is 32.1. The Bertz CT molecular complexity index is 622. The normalized spacial score (nSPS) is 13.8. The van der Waals surface area contributed by atoms with Crippen LogP contribution in [0.2, 0.25) is 0 Å². The van der Waals surface area contributed by atoms with E-state index in [1.807, 2.05) is 31.2 Å². The monoisotopic (exact) mass is 285 g/mol. The Labute approximate surface area is 124 Å². The molecule has 0 spiro atoms. The van der Waals surface area contributed by atoms with Crippen LogP contribution in [0.25, 0.3) is 0 Å². The zero-order valence-corrected chi connectivity index (χ0v) is 13.1. The number of nitrogens with one attached hydrogen (secondary N) is 1. The zero-order valence-electron chi connectivity index (χ0n) is 12.3. The van der Waals surface area contributed by atoms with Gasteiger partial charge in [0.2, 0.25) is 0 Å². The van der Waals surface area contributed by atoms with Gasteiger partial charge in [0, 0.05) is 17.0 Å². The molecule has 3 nitrogen and oxygen atoms in total. The molecule has 1 aromatic heterocycles. The summed E-state index contributed by atoms with van der Waals surface area (Å²) in [5, 5.41) is 13.5. The smallest absolute Gasteiger partial charge is 0.0991 e. The first kappa shape index (κ1) is 14.7. The summed E-state index contributed by atoms with van der Waals surface area (Å²) in [6.45, 7) is 8.43. The lowest BCUT2D eigenvalue weighted by Gasteiger charge is -2.19. The molecule has 0 saturated heterocycles. The summed E-state index contributed by atoms with van der Waals surface area (Å²) >= 11 is 1.74. The molecule has 2 aromatic rings. The van der Waals surface area contributed by atoms with Crippen LogP contribution in [0.3, 0.4) is 0 Å². The Morgan fingerprint density at radius 1 is 1.15 bits per heavy atom. The second-order valence-electron chi connectivity index (χ2n) is 5.02. The predicted molar refractivity (Wildman–Crippen MR) is 82.7 cm³/mol. The molecular weight excluding hydrogens is 266 g/mol. The van der Waals surface area contributed by atoms with Crippen LogP contribution in [-0.2, 0) is 0 Å². The molecule has 0 aliphatic rings. The van der Waals surface area contributed by atoms with E-state index < -0.39 is 0 Å². The molecule has 0 aliphatic heterocycles. The number of hydrogen-bond acceptors (Lipinski definition) is 4. The summed E-state index contributed by atoms with van der Waals surface area (Å²) < 4.78 is 0. The minimum atomic E-state index is 0.214. The molecule has 0 saturated carbocycles. The number of nitriles is 1. The van der Waals surface area contributed by atoms with Crippen molar-refractivity contribution in [2.24, 2.45) is 0 Å². The van der Waals surface area contributed by atoms with Gasteiger partial charge >= 0.3 is 0 Å². The van der Waals surface area contributed by atoms with Gasteiger partial charge in [-0.1, -0.05) is 12.1 Å². The van der Waals surface area contributed by atoms with Gasteiger partial charge in [-0.2, -0.15) is 5.26 Å². The number of thiazole rings is 1. The Hall–Kier alpha value is -1.70. The number of aryl methyl sites for hydroxylation is 2. The van der Waals surface area contributed by atoms with Crippen LogP contribution in [0.15, 0.2) is 24.3 Å². The van der Waals surface area contributed by atoms with E-state index in [0.717, 1.165) is 10.7 Å². The number of hydrogen-bond donors (Lipinski definition) is 1. The average molecular weight is 285 g/mol. The highest BCUT2D eigenvalue weighted by Gasteiger charge is 2.16. The van der Waals surface area contributed by atoms with E-state index in [1.165, 1.54) is 10.4 Å². The van der Waals surface area contributed by atoms with Gasteiger partial charge in [0.25, 0.3) is 0 Å². The highest BCUT2D eigenvalue weighted by Crippen LogP contribution is 2.25. The summed E-state index contributed by atoms with van der Waals surface area (Å²) in [5.41, 5.74) is 3.01. The average Bonchev–Trinajstić information content (AvgIpc) is 2.78. The van der Waals surface area contributed by atoms with Crippen LogP contribution in [0.4, 0.5) is 0 Å². The third-order valence-electron chi connectivity index (χ3n) is 3.39. The fourth-order valence-corrected chi connectivity index (χ4v) is 3.26. The fourth-order valence-electron chi connectivity index (χ4n) is 2.34. The molecule has 104 valence electrons. The number of aromatic nitrogens is 1. The predicted octanol–water partition coefficient (Wildman–Crippen LogP) is 4.04. The van der Waals surface area contributed by atoms with Crippen LogP contribution >= 0.6 is 11.3 Å². The molecule has 2 unspecified atom stereocenters. The molecule has 1 aromatic carbocycles. The Morgan fingerprint density at radius 3 is 2.30 bits per heavy atom. The third-order valence-corrected chi connectivity index (χ3v) is 4.29. The maximum Gasteiger partial charge on any atom is 0.0991 e. The SMILES string of the molecule is Cc1nc(C(C)NC(C)c2ccc(C#N)cc2)c(C)s1. The van der Waals surface area contributed by atoms with Crippen LogP contribution in [-0.4, -0.2) is 4.98 Å². The van der Waals surface area contributed by atoms with Gasteiger partial charge < -0.3 is 5.32 Å². The van der Waals surface area contributed by atoms with Gasteiger partial charge in [-0.05, 0) is 45.4 Å². The number of benzene rings is 1. The molecule has 0 bridgehead atoms. The van der Waals surface area contributed by atoms with E-state index in [4.69, 9.17) is 5.26 Å². The lowest BCUT2D eigenvalue weighted by Crippen LogP contribution is -2.23. The van der Waals surface area contributed by atoms with Crippen LogP contribution < -0.4 is 5.32 Å². The Kier molecular flexibility index (Phi) is 4.53. The first-order chi connectivity index (χ1) is 9.51. The van der Waals surface area contributed by atoms with Gasteiger partial charge in [0.15, 0.2) is 0 Å². The van der Waals surface area contributed by atoms with E-state index in [2.05, 4.69) is 37.1 Å². The van der Waals surface area contributed by atoms with Crippen LogP contribution in [0, 0.1) is 25.2 Å². The maximum absolute atomic E-state index is 8.82. The molecule has 0 fully saturated rings. The van der Waals surface area contributed by atoms with Gasteiger partial charge in [0.05, 0.1) is 22.3 Å². The van der Waals surface area contributed by atoms with Crippen molar-refractivity contribution >= 4 is 11.3 Å². The lowest BCUT2D eigenvalue weighted by atomic mass is 10.0. The van der Waals surface area contributed by atoms with Gasteiger partial charge in [-0.3, -0.25) is 0 Å². The summed E-state index contributed by atoms with van der Waals surface area (Å²) in [6, 6.07) is 10.3. The topological polar surface area (TPSA) is 48.7 Å². The maximum atomic E-state index is 8.82. The molecule has 4 heteroatoms. The van der Waals surface area contributed by atoms with Crippen molar-refractivity contribution in [3.63, 3.8) is 0 Å². The van der Waals surface area contributed by atoms with Crippen LogP contribution in [0.5, 0.6) is 0 Å². The molecular formula is C16H19N3S. The van der Waals surface area contributed by atoms with Crippen molar-refractivity contribution in [2.45, 2.75) is 39.8 Å². The molecule has 2 atom stereocenters. The number of nitrogens with zero attached hydrogens (tertiary/aromatic N) is 2. The third kappa shape index (κ3) is 3.24. The van der Waals surface area contributed by atoms with Crippen molar-refractivity contribution < 1.29 is 0 Å². The zero-order chi connectivity index (χ0) is 14.7. The molecule has 2 rings (SSSR count). The first-order valence-corrected chi connectivity index (χ1v) is 7.53. The second-order valence-corrected chi connectivity index (χ2v) is 6.43. The summed E-state index contributed by atoms with van der Waals surface area (Å²) in [4.78, 5) is 5.87. The number of rotatable bonds is 4. The van der Waals surface area contributed by atoms with E-state index in [-0.39, 0.29) is 12.1 Å².